The van der Waals surface area contributed by atoms with Crippen LogP contribution in [0.2, 0.25) is 10.0 Å². The van der Waals surface area contributed by atoms with E-state index in [9.17, 15) is 14.7 Å². The first-order valence-corrected chi connectivity index (χ1v) is 9.07. The Hall–Kier alpha value is -2.74. The van der Waals surface area contributed by atoms with E-state index < -0.39 is 5.56 Å². The number of halogens is 2. The van der Waals surface area contributed by atoms with Gasteiger partial charge in [0.1, 0.15) is 11.4 Å². The third-order valence-corrected chi connectivity index (χ3v) is 4.30. The number of nitrogens with one attached hydrogen (secondary N) is 1. The highest BCUT2D eigenvalue weighted by molar-refractivity contribution is 6.35. The molecule has 0 unspecified atom stereocenters. The Morgan fingerprint density at radius 3 is 2.50 bits per heavy atom. The highest BCUT2D eigenvalue weighted by Gasteiger charge is 2.23. The highest BCUT2D eigenvalue weighted by atomic mass is 35.5. The normalized spacial score (nSPS) is 10.7. The summed E-state index contributed by atoms with van der Waals surface area (Å²) < 4.78 is 1.09. The fourth-order valence-corrected chi connectivity index (χ4v) is 3.25. The average molecular weight is 419 g/mol. The van der Waals surface area contributed by atoms with Gasteiger partial charge in [-0.3, -0.25) is 14.6 Å². The van der Waals surface area contributed by atoms with Crippen molar-refractivity contribution < 1.29 is 9.90 Å². The van der Waals surface area contributed by atoms with E-state index in [0.29, 0.717) is 21.4 Å². The minimum atomic E-state index is -0.560. The van der Waals surface area contributed by atoms with E-state index in [0.717, 1.165) is 4.68 Å². The number of benzene rings is 1. The van der Waals surface area contributed by atoms with Crippen molar-refractivity contribution in [1.82, 2.24) is 14.8 Å². The van der Waals surface area contributed by atoms with E-state index in [1.807, 2.05) is 0 Å². The fourth-order valence-electron chi connectivity index (χ4n) is 2.73. The number of anilines is 2. The maximum atomic E-state index is 12.9. The number of carbonyl (C=O) groups is 1. The van der Waals surface area contributed by atoms with Crippen LogP contribution in [0.3, 0.4) is 0 Å². The summed E-state index contributed by atoms with van der Waals surface area (Å²) >= 11 is 12.1. The van der Waals surface area contributed by atoms with Gasteiger partial charge in [0.05, 0.1) is 24.4 Å². The van der Waals surface area contributed by atoms with Crippen LogP contribution in [0, 0.1) is 0 Å². The zero-order valence-corrected chi connectivity index (χ0v) is 16.3. The second-order valence-corrected chi connectivity index (χ2v) is 6.78. The number of rotatable bonds is 6. The summed E-state index contributed by atoms with van der Waals surface area (Å²) in [4.78, 5) is 29.6. The smallest absolute Gasteiger partial charge is 0.291 e. The maximum absolute atomic E-state index is 12.9. The van der Waals surface area contributed by atoms with Gasteiger partial charge in [-0.1, -0.05) is 29.3 Å². The Balaban J connectivity index is 2.28. The number of aliphatic hydroxyl groups excluding tert-OH is 1. The van der Waals surface area contributed by atoms with Crippen molar-refractivity contribution in [2.24, 2.45) is 0 Å². The predicted octanol–water partition coefficient (Wildman–Crippen LogP) is 3.55. The molecular formula is C19H16Cl2N4O3. The first-order valence-electron chi connectivity index (χ1n) is 8.32. The summed E-state index contributed by atoms with van der Waals surface area (Å²) in [6.45, 7) is 1.01. The van der Waals surface area contributed by atoms with Gasteiger partial charge in [0.15, 0.2) is 5.78 Å². The Labute approximate surface area is 170 Å². The molecule has 0 saturated heterocycles. The number of pyridine rings is 1. The Bertz CT molecular complexity index is 1060. The molecular weight excluding hydrogens is 403 g/mol. The number of carbonyl (C=O) groups excluding carboxylic acids is 1. The van der Waals surface area contributed by atoms with Crippen LogP contribution in [0.4, 0.5) is 11.4 Å². The van der Waals surface area contributed by atoms with Crippen molar-refractivity contribution in [1.29, 1.82) is 0 Å². The third-order valence-electron chi connectivity index (χ3n) is 3.86. The average Bonchev–Trinajstić information content (AvgIpc) is 2.64. The van der Waals surface area contributed by atoms with Gasteiger partial charge >= 0.3 is 0 Å². The van der Waals surface area contributed by atoms with Gasteiger partial charge in [-0.25, -0.2) is 4.68 Å². The lowest BCUT2D eigenvalue weighted by molar-refractivity contribution is 0.101. The summed E-state index contributed by atoms with van der Waals surface area (Å²) in [5.74, 6) is -0.364. The summed E-state index contributed by atoms with van der Waals surface area (Å²) in [5, 5.41) is 17.2. The van der Waals surface area contributed by atoms with Crippen LogP contribution in [0.1, 0.15) is 17.3 Å². The van der Waals surface area contributed by atoms with E-state index in [2.05, 4.69) is 15.4 Å². The van der Waals surface area contributed by atoms with Crippen molar-refractivity contribution in [3.63, 3.8) is 0 Å². The van der Waals surface area contributed by atoms with Crippen molar-refractivity contribution in [2.45, 2.75) is 13.5 Å². The van der Waals surface area contributed by atoms with Gasteiger partial charge in [-0.15, -0.1) is 0 Å². The van der Waals surface area contributed by atoms with E-state index in [4.69, 9.17) is 23.2 Å². The Morgan fingerprint density at radius 2 is 1.93 bits per heavy atom. The van der Waals surface area contributed by atoms with Crippen LogP contribution in [0.25, 0.3) is 11.4 Å². The maximum Gasteiger partial charge on any atom is 0.291 e. The number of hydrogen-bond donors (Lipinski definition) is 2. The number of aliphatic hydroxyl groups is 1. The summed E-state index contributed by atoms with van der Waals surface area (Å²) in [6, 6.07) is 9.87. The van der Waals surface area contributed by atoms with Gasteiger partial charge in [-0.05, 0) is 37.3 Å². The van der Waals surface area contributed by atoms with Crippen molar-refractivity contribution in [3.8, 4) is 11.4 Å². The minimum absolute atomic E-state index is 0.00920. The minimum Gasteiger partial charge on any atom is -0.394 e. The number of ketones is 1. The fraction of sp³-hybridized carbons (Fsp3) is 0.158. The molecule has 7 nitrogen and oxygen atoms in total. The number of hydrogen-bond acceptors (Lipinski definition) is 6. The zero-order chi connectivity index (χ0) is 20.3. The largest absolute Gasteiger partial charge is 0.394 e. The van der Waals surface area contributed by atoms with E-state index in [-0.39, 0.29) is 35.9 Å². The molecule has 0 saturated carbocycles. The molecule has 0 bridgehead atoms. The molecule has 144 valence electrons. The van der Waals surface area contributed by atoms with Crippen LogP contribution in [0.5, 0.6) is 0 Å². The Morgan fingerprint density at radius 1 is 1.21 bits per heavy atom. The molecule has 2 aromatic heterocycles. The molecule has 0 spiro atoms. The van der Waals surface area contributed by atoms with Gasteiger partial charge in [0, 0.05) is 21.9 Å². The van der Waals surface area contributed by atoms with Gasteiger partial charge in [0.2, 0.25) is 0 Å². The molecule has 1 aromatic carbocycles. The first-order chi connectivity index (χ1) is 13.4. The third kappa shape index (κ3) is 4.22. The lowest BCUT2D eigenvalue weighted by atomic mass is 10.1. The molecule has 0 aliphatic rings. The van der Waals surface area contributed by atoms with E-state index in [1.165, 1.54) is 6.92 Å². The molecule has 0 aliphatic heterocycles. The second-order valence-electron chi connectivity index (χ2n) is 5.90. The summed E-state index contributed by atoms with van der Waals surface area (Å²) in [5.41, 5.74) is 0.633. The van der Waals surface area contributed by atoms with Crippen molar-refractivity contribution >= 4 is 40.4 Å². The molecule has 0 amide bonds. The van der Waals surface area contributed by atoms with Gasteiger partial charge in [0.25, 0.3) is 5.56 Å². The standard InChI is InChI=1S/C19H16Cl2N4O3/c1-11(27)16-17(15-4-2-3-5-22-15)24-25(6-7-26)19(28)18(16)23-14-9-12(20)8-13(21)10-14/h2-5,8-10,23,26H,6-7H2,1H3. The quantitative estimate of drug-likeness (QED) is 0.594. The highest BCUT2D eigenvalue weighted by Crippen LogP contribution is 2.29. The molecule has 28 heavy (non-hydrogen) atoms. The molecule has 9 heteroatoms. The van der Waals surface area contributed by atoms with Crippen LogP contribution in [0.15, 0.2) is 47.4 Å². The molecule has 3 aromatic rings. The molecule has 0 atom stereocenters. The van der Waals surface area contributed by atoms with Crippen LogP contribution >= 0.6 is 23.2 Å². The van der Waals surface area contributed by atoms with Crippen LogP contribution in [-0.2, 0) is 6.54 Å². The SMILES string of the molecule is CC(=O)c1c(-c2ccccn2)nn(CCO)c(=O)c1Nc1cc(Cl)cc(Cl)c1. The number of Topliss-reactive ketones (excluding diaryl/α,β-unsaturated/α-hetero) is 1. The lowest BCUT2D eigenvalue weighted by Crippen LogP contribution is -2.29. The predicted molar refractivity (Wildman–Crippen MR) is 109 cm³/mol. The number of nitrogens with zero attached hydrogens (tertiary/aromatic N) is 3. The summed E-state index contributed by atoms with van der Waals surface area (Å²) in [7, 11) is 0. The van der Waals surface area contributed by atoms with Gasteiger partial charge < -0.3 is 10.4 Å². The lowest BCUT2D eigenvalue weighted by Gasteiger charge is -2.16. The van der Waals surface area contributed by atoms with Crippen LogP contribution < -0.4 is 10.9 Å². The zero-order valence-electron chi connectivity index (χ0n) is 14.8. The summed E-state index contributed by atoms with van der Waals surface area (Å²) in [6.07, 6.45) is 1.56. The first kappa shape index (κ1) is 20.0. The topological polar surface area (TPSA) is 97.1 Å². The van der Waals surface area contributed by atoms with Crippen molar-refractivity contribution in [3.05, 3.63) is 68.6 Å². The van der Waals surface area contributed by atoms with E-state index in [1.54, 1.807) is 42.6 Å². The van der Waals surface area contributed by atoms with Gasteiger partial charge in [-0.2, -0.15) is 5.10 Å². The molecule has 2 heterocycles. The Kier molecular flexibility index (Phi) is 6.08. The van der Waals surface area contributed by atoms with E-state index >= 15 is 0 Å². The number of aromatic nitrogens is 3. The molecule has 2 N–H and O–H groups in total. The van der Waals surface area contributed by atoms with Crippen molar-refractivity contribution in [2.75, 3.05) is 11.9 Å². The van der Waals surface area contributed by atoms with Crippen LogP contribution in [-0.4, -0.2) is 32.3 Å². The molecule has 0 aliphatic carbocycles. The molecule has 0 radical (unpaired) electrons. The monoisotopic (exact) mass is 418 g/mol. The second kappa shape index (κ2) is 8.52. The molecule has 3 rings (SSSR count). The molecule has 0 fully saturated rings.